The summed E-state index contributed by atoms with van der Waals surface area (Å²) in [6.45, 7) is 0. The van der Waals surface area contributed by atoms with E-state index in [1.54, 1.807) is 0 Å². The first kappa shape index (κ1) is 9.91. The molecule has 2 heteroatoms. The molecule has 2 aliphatic carbocycles. The van der Waals surface area contributed by atoms with Crippen LogP contribution < -0.4 is 5.73 Å². The minimum atomic E-state index is -0.476. The SMILES string of the molecule is NC1(C(=O)C2=CCCCCC2)CCC1. The molecule has 0 aromatic carbocycles. The van der Waals surface area contributed by atoms with E-state index in [1.165, 1.54) is 12.8 Å². The molecule has 78 valence electrons. The van der Waals surface area contributed by atoms with Gasteiger partial charge in [-0.3, -0.25) is 4.79 Å². The first-order chi connectivity index (χ1) is 6.72. The van der Waals surface area contributed by atoms with Crippen molar-refractivity contribution in [2.24, 2.45) is 5.73 Å². The number of Topliss-reactive ketones (excluding diaryl/α,β-unsaturated/α-hetero) is 1. The third-order valence-electron chi connectivity index (χ3n) is 3.53. The second kappa shape index (κ2) is 3.85. The Labute approximate surface area is 85.6 Å². The first-order valence-electron chi connectivity index (χ1n) is 5.75. The van der Waals surface area contributed by atoms with Crippen LogP contribution in [0.1, 0.15) is 51.4 Å². The number of hydrogen-bond donors (Lipinski definition) is 1. The highest BCUT2D eigenvalue weighted by molar-refractivity contribution is 6.03. The second-order valence-corrected chi connectivity index (χ2v) is 4.67. The van der Waals surface area contributed by atoms with Crippen molar-refractivity contribution in [3.05, 3.63) is 11.6 Å². The quantitative estimate of drug-likeness (QED) is 0.731. The van der Waals surface area contributed by atoms with Gasteiger partial charge in [0.2, 0.25) is 0 Å². The zero-order chi connectivity index (χ0) is 10.0. The fourth-order valence-corrected chi connectivity index (χ4v) is 2.33. The molecule has 0 bridgehead atoms. The van der Waals surface area contributed by atoms with E-state index in [0.717, 1.165) is 44.1 Å². The molecular weight excluding hydrogens is 174 g/mol. The van der Waals surface area contributed by atoms with Crippen LogP contribution in [0.25, 0.3) is 0 Å². The molecule has 2 aliphatic rings. The summed E-state index contributed by atoms with van der Waals surface area (Å²) in [6, 6.07) is 0. The van der Waals surface area contributed by atoms with Crippen LogP contribution in [-0.4, -0.2) is 11.3 Å². The molecule has 1 saturated carbocycles. The predicted octanol–water partition coefficient (Wildman–Crippen LogP) is 2.33. The van der Waals surface area contributed by atoms with E-state index in [9.17, 15) is 4.79 Å². The molecule has 0 aliphatic heterocycles. The molecule has 0 aromatic heterocycles. The molecule has 0 heterocycles. The van der Waals surface area contributed by atoms with E-state index in [-0.39, 0.29) is 5.78 Å². The lowest BCUT2D eigenvalue weighted by atomic mass is 9.72. The van der Waals surface area contributed by atoms with E-state index < -0.39 is 5.54 Å². The van der Waals surface area contributed by atoms with Gasteiger partial charge < -0.3 is 5.73 Å². The van der Waals surface area contributed by atoms with Gasteiger partial charge in [0.15, 0.2) is 5.78 Å². The lowest BCUT2D eigenvalue weighted by Gasteiger charge is -2.37. The van der Waals surface area contributed by atoms with Gasteiger partial charge in [-0.2, -0.15) is 0 Å². The molecule has 0 saturated heterocycles. The van der Waals surface area contributed by atoms with Crippen molar-refractivity contribution >= 4 is 5.78 Å². The van der Waals surface area contributed by atoms with Crippen LogP contribution in [0.4, 0.5) is 0 Å². The van der Waals surface area contributed by atoms with Crippen LogP contribution in [0.15, 0.2) is 11.6 Å². The minimum Gasteiger partial charge on any atom is -0.319 e. The van der Waals surface area contributed by atoms with Gasteiger partial charge in [0.05, 0.1) is 5.54 Å². The summed E-state index contributed by atoms with van der Waals surface area (Å²) in [5, 5.41) is 0. The van der Waals surface area contributed by atoms with Gasteiger partial charge >= 0.3 is 0 Å². The predicted molar refractivity (Wildman–Crippen MR) is 56.9 cm³/mol. The van der Waals surface area contributed by atoms with Crippen molar-refractivity contribution in [2.45, 2.75) is 56.9 Å². The molecule has 0 spiro atoms. The summed E-state index contributed by atoms with van der Waals surface area (Å²) in [4.78, 5) is 12.1. The van der Waals surface area contributed by atoms with Gasteiger partial charge in [0.25, 0.3) is 0 Å². The van der Waals surface area contributed by atoms with Crippen molar-refractivity contribution in [1.29, 1.82) is 0 Å². The van der Waals surface area contributed by atoms with Crippen molar-refractivity contribution in [1.82, 2.24) is 0 Å². The number of nitrogens with two attached hydrogens (primary N) is 1. The Kier molecular flexibility index (Phi) is 2.73. The average molecular weight is 193 g/mol. The Morgan fingerprint density at radius 1 is 1.21 bits per heavy atom. The topological polar surface area (TPSA) is 43.1 Å². The first-order valence-corrected chi connectivity index (χ1v) is 5.75. The maximum Gasteiger partial charge on any atom is 0.178 e. The van der Waals surface area contributed by atoms with Crippen LogP contribution in [0.3, 0.4) is 0 Å². The number of carbonyl (C=O) groups is 1. The summed E-state index contributed by atoms with van der Waals surface area (Å²) in [6.07, 6.45) is 10.7. The van der Waals surface area contributed by atoms with Crippen molar-refractivity contribution in [2.75, 3.05) is 0 Å². The van der Waals surface area contributed by atoms with Gasteiger partial charge in [-0.25, -0.2) is 0 Å². The van der Waals surface area contributed by atoms with Gasteiger partial charge in [-0.15, -0.1) is 0 Å². The van der Waals surface area contributed by atoms with Crippen LogP contribution in [-0.2, 0) is 4.79 Å². The highest BCUT2D eigenvalue weighted by atomic mass is 16.1. The van der Waals surface area contributed by atoms with E-state index in [0.29, 0.717) is 0 Å². The van der Waals surface area contributed by atoms with Gasteiger partial charge in [0, 0.05) is 0 Å². The molecule has 2 N–H and O–H groups in total. The molecule has 0 atom stereocenters. The number of carbonyl (C=O) groups excluding carboxylic acids is 1. The Morgan fingerprint density at radius 2 is 2.00 bits per heavy atom. The maximum atomic E-state index is 12.1. The fraction of sp³-hybridized carbons (Fsp3) is 0.750. The number of rotatable bonds is 2. The Morgan fingerprint density at radius 3 is 2.64 bits per heavy atom. The van der Waals surface area contributed by atoms with Crippen molar-refractivity contribution < 1.29 is 4.79 Å². The van der Waals surface area contributed by atoms with Crippen molar-refractivity contribution in [3.8, 4) is 0 Å². The number of ketones is 1. The molecule has 2 rings (SSSR count). The lowest BCUT2D eigenvalue weighted by Crippen LogP contribution is -2.54. The lowest BCUT2D eigenvalue weighted by molar-refractivity contribution is -0.123. The van der Waals surface area contributed by atoms with Gasteiger partial charge in [0.1, 0.15) is 0 Å². The van der Waals surface area contributed by atoms with Crippen LogP contribution in [0.5, 0.6) is 0 Å². The monoisotopic (exact) mass is 193 g/mol. The molecule has 14 heavy (non-hydrogen) atoms. The standard InChI is InChI=1S/C12H19NO/c13-12(8-5-9-12)11(14)10-6-3-1-2-4-7-10/h6H,1-5,7-9,13H2. The summed E-state index contributed by atoms with van der Waals surface area (Å²) < 4.78 is 0. The van der Waals surface area contributed by atoms with Crippen molar-refractivity contribution in [3.63, 3.8) is 0 Å². The zero-order valence-electron chi connectivity index (χ0n) is 8.72. The minimum absolute atomic E-state index is 0.241. The molecule has 0 unspecified atom stereocenters. The normalized spacial score (nSPS) is 25.9. The van der Waals surface area contributed by atoms with Gasteiger partial charge in [-0.1, -0.05) is 12.5 Å². The van der Waals surface area contributed by atoms with E-state index in [2.05, 4.69) is 6.08 Å². The summed E-state index contributed by atoms with van der Waals surface area (Å²) in [5.74, 6) is 0.241. The molecular formula is C12H19NO. The molecule has 0 amide bonds. The van der Waals surface area contributed by atoms with E-state index in [1.807, 2.05) is 0 Å². The average Bonchev–Trinajstić information content (AvgIpc) is 2.41. The fourth-order valence-electron chi connectivity index (χ4n) is 2.33. The summed E-state index contributed by atoms with van der Waals surface area (Å²) in [7, 11) is 0. The van der Waals surface area contributed by atoms with E-state index in [4.69, 9.17) is 5.73 Å². The highest BCUT2D eigenvalue weighted by Crippen LogP contribution is 2.34. The zero-order valence-corrected chi connectivity index (χ0v) is 8.72. The van der Waals surface area contributed by atoms with E-state index >= 15 is 0 Å². The maximum absolute atomic E-state index is 12.1. The number of hydrogen-bond acceptors (Lipinski definition) is 2. The Bertz CT molecular complexity index is 263. The smallest absolute Gasteiger partial charge is 0.178 e. The molecule has 0 radical (unpaired) electrons. The second-order valence-electron chi connectivity index (χ2n) is 4.67. The van der Waals surface area contributed by atoms with Crippen LogP contribution in [0, 0.1) is 0 Å². The molecule has 0 aromatic rings. The number of allylic oxidation sites excluding steroid dienone is 1. The summed E-state index contributed by atoms with van der Waals surface area (Å²) in [5.41, 5.74) is 6.58. The Balaban J connectivity index is 2.05. The van der Waals surface area contributed by atoms with Crippen LogP contribution in [0.2, 0.25) is 0 Å². The highest BCUT2D eigenvalue weighted by Gasteiger charge is 2.40. The molecule has 2 nitrogen and oxygen atoms in total. The summed E-state index contributed by atoms with van der Waals surface area (Å²) >= 11 is 0. The van der Waals surface area contributed by atoms with Crippen LogP contribution >= 0.6 is 0 Å². The Hall–Kier alpha value is -0.630. The third-order valence-corrected chi connectivity index (χ3v) is 3.53. The third kappa shape index (κ3) is 1.76. The van der Waals surface area contributed by atoms with Gasteiger partial charge in [-0.05, 0) is 50.5 Å². The molecule has 1 fully saturated rings. The largest absolute Gasteiger partial charge is 0.319 e.